The van der Waals surface area contributed by atoms with Gasteiger partial charge in [0.15, 0.2) is 0 Å². The molecule has 0 unspecified atom stereocenters. The Morgan fingerprint density at radius 2 is 2.00 bits per heavy atom. The molecule has 2 saturated heterocycles. The maximum Gasteiger partial charge on any atom is 0.0723 e. The van der Waals surface area contributed by atoms with Crippen LogP contribution in [0, 0.1) is 12.8 Å². The van der Waals surface area contributed by atoms with Crippen LogP contribution in [0.25, 0.3) is 0 Å². The molecule has 3 aliphatic rings. The third kappa shape index (κ3) is 2.51. The zero-order chi connectivity index (χ0) is 14.4. The molecule has 3 fully saturated rings. The van der Waals surface area contributed by atoms with E-state index in [1.165, 1.54) is 24.0 Å². The van der Waals surface area contributed by atoms with E-state index >= 15 is 0 Å². The fourth-order valence-electron chi connectivity index (χ4n) is 4.06. The highest BCUT2D eigenvalue weighted by atomic mass is 16.5. The summed E-state index contributed by atoms with van der Waals surface area (Å²) in [6, 6.07) is 8.49. The predicted molar refractivity (Wildman–Crippen MR) is 80.7 cm³/mol. The van der Waals surface area contributed by atoms with Crippen LogP contribution in [-0.4, -0.2) is 17.3 Å². The first kappa shape index (κ1) is 14.1. The van der Waals surface area contributed by atoms with Crippen LogP contribution in [0.4, 0.5) is 0 Å². The highest BCUT2D eigenvalue weighted by Crippen LogP contribution is 2.50. The first-order valence-corrected chi connectivity index (χ1v) is 7.76. The summed E-state index contributed by atoms with van der Waals surface area (Å²) >= 11 is 0. The second-order valence-electron chi connectivity index (χ2n) is 7.28. The van der Waals surface area contributed by atoms with Crippen LogP contribution in [0.5, 0.6) is 0 Å². The minimum atomic E-state index is -0.0539. The van der Waals surface area contributed by atoms with E-state index in [9.17, 15) is 0 Å². The fraction of sp³-hybridized carbons (Fsp3) is 0.667. The largest absolute Gasteiger partial charge is 0.373 e. The highest BCUT2D eigenvalue weighted by Gasteiger charge is 2.53. The van der Waals surface area contributed by atoms with Gasteiger partial charge >= 0.3 is 0 Å². The van der Waals surface area contributed by atoms with Crippen LogP contribution in [0.2, 0.25) is 0 Å². The van der Waals surface area contributed by atoms with Crippen LogP contribution < -0.4 is 0 Å². The van der Waals surface area contributed by atoms with Gasteiger partial charge in [0.25, 0.3) is 0 Å². The zero-order valence-electron chi connectivity index (χ0n) is 13.1. The summed E-state index contributed by atoms with van der Waals surface area (Å²) in [5.41, 5.74) is 2.57. The number of rotatable bonds is 3. The van der Waals surface area contributed by atoms with E-state index in [1.807, 2.05) is 0 Å². The van der Waals surface area contributed by atoms with Gasteiger partial charge < -0.3 is 9.47 Å². The van der Waals surface area contributed by atoms with Crippen LogP contribution in [0.3, 0.4) is 0 Å². The van der Waals surface area contributed by atoms with Crippen LogP contribution >= 0.6 is 0 Å². The molecule has 1 aliphatic carbocycles. The molecule has 20 heavy (non-hydrogen) atoms. The lowest BCUT2D eigenvalue weighted by atomic mass is 9.67. The lowest BCUT2D eigenvalue weighted by Crippen LogP contribution is -2.60. The molecule has 0 N–H and O–H groups in total. The Morgan fingerprint density at radius 1 is 1.25 bits per heavy atom. The van der Waals surface area contributed by atoms with Crippen LogP contribution in [-0.2, 0) is 16.1 Å². The van der Waals surface area contributed by atoms with Gasteiger partial charge in [-0.3, -0.25) is 0 Å². The Bertz CT molecular complexity index is 491. The van der Waals surface area contributed by atoms with E-state index in [0.717, 1.165) is 13.0 Å². The summed E-state index contributed by atoms with van der Waals surface area (Å²) in [7, 11) is 0. The molecule has 0 spiro atoms. The molecule has 1 saturated carbocycles. The Labute approximate surface area is 122 Å². The summed E-state index contributed by atoms with van der Waals surface area (Å²) in [6.07, 6.45) is 3.76. The van der Waals surface area contributed by atoms with Crippen molar-refractivity contribution in [1.29, 1.82) is 0 Å². The number of hydrogen-bond acceptors (Lipinski definition) is 2. The van der Waals surface area contributed by atoms with Gasteiger partial charge in [0.1, 0.15) is 0 Å². The molecular formula is C18H26O2. The van der Waals surface area contributed by atoms with Crippen molar-refractivity contribution in [2.24, 2.45) is 5.92 Å². The molecule has 3 atom stereocenters. The molecule has 0 amide bonds. The Kier molecular flexibility index (Phi) is 3.42. The quantitative estimate of drug-likeness (QED) is 0.820. The van der Waals surface area contributed by atoms with E-state index in [0.29, 0.717) is 12.0 Å². The number of ether oxygens (including phenoxy) is 2. The smallest absolute Gasteiger partial charge is 0.0723 e. The average Bonchev–Trinajstić information content (AvgIpc) is 2.35. The summed E-state index contributed by atoms with van der Waals surface area (Å²) in [4.78, 5) is 0. The van der Waals surface area contributed by atoms with E-state index in [1.54, 1.807) is 0 Å². The SMILES string of the molecule is Cc1ccccc1CO[C@@H]1C[C@@]2(C)CC[C@@H]1C(C)(C)O2. The molecular weight excluding hydrogens is 248 g/mol. The Balaban J connectivity index is 1.71. The number of benzene rings is 1. The highest BCUT2D eigenvalue weighted by molar-refractivity contribution is 5.24. The Morgan fingerprint density at radius 3 is 2.65 bits per heavy atom. The van der Waals surface area contributed by atoms with Crippen molar-refractivity contribution in [3.8, 4) is 0 Å². The summed E-state index contributed by atoms with van der Waals surface area (Å²) in [5, 5.41) is 0. The molecule has 2 heteroatoms. The molecule has 110 valence electrons. The summed E-state index contributed by atoms with van der Waals surface area (Å²) < 4.78 is 12.6. The maximum absolute atomic E-state index is 6.30. The topological polar surface area (TPSA) is 18.5 Å². The lowest BCUT2D eigenvalue weighted by Gasteiger charge is -2.57. The lowest BCUT2D eigenvalue weighted by molar-refractivity contribution is -0.273. The van der Waals surface area contributed by atoms with Gasteiger partial charge in [0.2, 0.25) is 0 Å². The van der Waals surface area contributed by atoms with E-state index in [2.05, 4.69) is 52.0 Å². The molecule has 1 aromatic carbocycles. The monoisotopic (exact) mass is 274 g/mol. The predicted octanol–water partition coefficient (Wildman–Crippen LogP) is 4.25. The zero-order valence-corrected chi connectivity index (χ0v) is 13.1. The van der Waals surface area contributed by atoms with Gasteiger partial charge in [-0.2, -0.15) is 0 Å². The van der Waals surface area contributed by atoms with Crippen LogP contribution in [0.1, 0.15) is 51.2 Å². The molecule has 2 heterocycles. The van der Waals surface area contributed by atoms with Crippen molar-refractivity contribution in [3.63, 3.8) is 0 Å². The van der Waals surface area contributed by atoms with Gasteiger partial charge in [0.05, 0.1) is 23.9 Å². The Hall–Kier alpha value is -0.860. The first-order valence-electron chi connectivity index (χ1n) is 7.76. The normalized spacial score (nSPS) is 35.2. The molecule has 0 radical (unpaired) electrons. The summed E-state index contributed by atoms with van der Waals surface area (Å²) in [5.74, 6) is 0.522. The van der Waals surface area contributed by atoms with Crippen molar-refractivity contribution in [2.45, 2.75) is 70.9 Å². The van der Waals surface area contributed by atoms with Crippen LogP contribution in [0.15, 0.2) is 24.3 Å². The molecule has 2 aliphatic heterocycles. The number of aryl methyl sites for hydroxylation is 1. The molecule has 0 aromatic heterocycles. The van der Waals surface area contributed by atoms with Gasteiger partial charge in [0, 0.05) is 12.3 Å². The van der Waals surface area contributed by atoms with Crippen molar-refractivity contribution < 1.29 is 9.47 Å². The molecule has 2 nitrogen and oxygen atoms in total. The van der Waals surface area contributed by atoms with Crippen molar-refractivity contribution in [3.05, 3.63) is 35.4 Å². The standard InChI is InChI=1S/C18H26O2/c1-13-7-5-6-8-14(13)12-19-16-11-18(4)10-9-15(16)17(2,3)20-18/h5-8,15-16H,9-12H2,1-4H3/t15-,16+,18+/m0/s1. The second kappa shape index (κ2) is 4.85. The van der Waals surface area contributed by atoms with Gasteiger partial charge in [-0.15, -0.1) is 0 Å². The minimum Gasteiger partial charge on any atom is -0.373 e. The van der Waals surface area contributed by atoms with E-state index in [-0.39, 0.29) is 11.2 Å². The third-order valence-electron chi connectivity index (χ3n) is 5.18. The van der Waals surface area contributed by atoms with Crippen molar-refractivity contribution >= 4 is 0 Å². The van der Waals surface area contributed by atoms with E-state index < -0.39 is 0 Å². The van der Waals surface area contributed by atoms with Gasteiger partial charge in [-0.1, -0.05) is 24.3 Å². The first-order chi connectivity index (χ1) is 9.40. The molecule has 2 bridgehead atoms. The fourth-order valence-corrected chi connectivity index (χ4v) is 4.06. The number of fused-ring (bicyclic) bond motifs is 3. The maximum atomic E-state index is 6.30. The van der Waals surface area contributed by atoms with E-state index in [4.69, 9.17) is 9.47 Å². The second-order valence-corrected chi connectivity index (χ2v) is 7.28. The minimum absolute atomic E-state index is 0.00858. The average molecular weight is 274 g/mol. The third-order valence-corrected chi connectivity index (χ3v) is 5.18. The molecule has 4 rings (SSSR count). The van der Waals surface area contributed by atoms with Crippen molar-refractivity contribution in [1.82, 2.24) is 0 Å². The van der Waals surface area contributed by atoms with Crippen molar-refractivity contribution in [2.75, 3.05) is 0 Å². The molecule has 1 aromatic rings. The van der Waals surface area contributed by atoms with Gasteiger partial charge in [-0.05, 0) is 51.7 Å². The van der Waals surface area contributed by atoms with Gasteiger partial charge in [-0.25, -0.2) is 0 Å². The number of hydrogen-bond donors (Lipinski definition) is 0. The summed E-state index contributed by atoms with van der Waals surface area (Å²) in [6.45, 7) is 9.56.